The Bertz CT molecular complexity index is 1170. The number of para-hydroxylation sites is 1. The molecular weight excluding hydrogens is 432 g/mol. The highest BCUT2D eigenvalue weighted by atomic mass is 32.2. The lowest BCUT2D eigenvalue weighted by atomic mass is 10.2. The molecule has 0 spiro atoms. The monoisotopic (exact) mass is 450 g/mol. The number of benzene rings is 2. The van der Waals surface area contributed by atoms with Crippen molar-refractivity contribution in [3.63, 3.8) is 0 Å². The standard InChI is InChI=1S/C23H18N2O4S2/c1-15-7-5-6-10-18(15)24-20(26)14-25-22(27)19(31-23(25)28)13-16-11-12-21(29-16)30-17-8-3-2-4-9-17/h2-13H,14H2,1H3,(H,24,26)/b19-13-. The van der Waals surface area contributed by atoms with Crippen LogP contribution < -0.4 is 5.32 Å². The zero-order valence-electron chi connectivity index (χ0n) is 16.5. The summed E-state index contributed by atoms with van der Waals surface area (Å²) in [6.45, 7) is 1.52. The fourth-order valence-corrected chi connectivity index (χ4v) is 4.50. The Hall–Kier alpha value is -3.23. The first-order chi connectivity index (χ1) is 15.0. The second-order valence-corrected chi connectivity index (χ2v) is 8.77. The molecule has 1 saturated heterocycles. The van der Waals surface area contributed by atoms with Crippen LogP contribution in [0.4, 0.5) is 10.5 Å². The van der Waals surface area contributed by atoms with Crippen LogP contribution in [0, 0.1) is 6.92 Å². The number of rotatable bonds is 6. The van der Waals surface area contributed by atoms with Crippen LogP contribution in [0.5, 0.6) is 0 Å². The number of imide groups is 1. The van der Waals surface area contributed by atoms with Crippen LogP contribution in [-0.4, -0.2) is 28.5 Å². The van der Waals surface area contributed by atoms with E-state index in [4.69, 9.17) is 4.42 Å². The van der Waals surface area contributed by atoms with Gasteiger partial charge in [0.2, 0.25) is 5.91 Å². The number of amides is 3. The van der Waals surface area contributed by atoms with Crippen LogP contribution in [0.3, 0.4) is 0 Å². The molecule has 0 unspecified atom stereocenters. The molecule has 0 saturated carbocycles. The van der Waals surface area contributed by atoms with E-state index in [1.165, 1.54) is 17.8 Å². The van der Waals surface area contributed by atoms with Gasteiger partial charge in [0.1, 0.15) is 12.3 Å². The molecule has 1 fully saturated rings. The molecular formula is C23H18N2O4S2. The molecule has 1 aromatic heterocycles. The van der Waals surface area contributed by atoms with Crippen molar-refractivity contribution in [1.29, 1.82) is 0 Å². The Morgan fingerprint density at radius 3 is 2.58 bits per heavy atom. The molecule has 1 aliphatic rings. The van der Waals surface area contributed by atoms with Gasteiger partial charge in [-0.15, -0.1) is 0 Å². The second kappa shape index (κ2) is 9.28. The summed E-state index contributed by atoms with van der Waals surface area (Å²) in [7, 11) is 0. The van der Waals surface area contributed by atoms with E-state index in [1.54, 1.807) is 18.2 Å². The highest BCUT2D eigenvalue weighted by Gasteiger charge is 2.36. The van der Waals surface area contributed by atoms with Gasteiger partial charge < -0.3 is 9.73 Å². The maximum atomic E-state index is 12.7. The van der Waals surface area contributed by atoms with Crippen LogP contribution in [0.2, 0.25) is 0 Å². The molecule has 0 radical (unpaired) electrons. The van der Waals surface area contributed by atoms with Gasteiger partial charge in [0, 0.05) is 16.7 Å². The smallest absolute Gasteiger partial charge is 0.294 e. The van der Waals surface area contributed by atoms with Crippen LogP contribution in [0.25, 0.3) is 6.08 Å². The van der Waals surface area contributed by atoms with Gasteiger partial charge in [-0.2, -0.15) is 0 Å². The number of hydrogen-bond donors (Lipinski definition) is 1. The molecule has 3 amide bonds. The molecule has 156 valence electrons. The molecule has 2 aromatic carbocycles. The minimum atomic E-state index is -0.511. The van der Waals surface area contributed by atoms with Crippen molar-refractivity contribution < 1.29 is 18.8 Å². The predicted molar refractivity (Wildman–Crippen MR) is 122 cm³/mol. The predicted octanol–water partition coefficient (Wildman–Crippen LogP) is 5.41. The lowest BCUT2D eigenvalue weighted by Gasteiger charge is -2.13. The average Bonchev–Trinajstić information content (AvgIpc) is 3.30. The molecule has 6 nitrogen and oxygen atoms in total. The molecule has 3 aromatic rings. The zero-order chi connectivity index (χ0) is 21.8. The van der Waals surface area contributed by atoms with E-state index in [9.17, 15) is 14.4 Å². The summed E-state index contributed by atoms with van der Waals surface area (Å²) in [5.74, 6) is -0.478. The highest BCUT2D eigenvalue weighted by molar-refractivity contribution is 8.18. The lowest BCUT2D eigenvalue weighted by Crippen LogP contribution is -2.36. The van der Waals surface area contributed by atoms with Crippen molar-refractivity contribution in [3.05, 3.63) is 83.0 Å². The number of nitrogens with zero attached hydrogens (tertiary/aromatic N) is 1. The number of thioether (sulfide) groups is 1. The number of hydrogen-bond acceptors (Lipinski definition) is 6. The summed E-state index contributed by atoms with van der Waals surface area (Å²) in [5.41, 5.74) is 1.54. The topological polar surface area (TPSA) is 79.6 Å². The van der Waals surface area contributed by atoms with Crippen molar-refractivity contribution in [1.82, 2.24) is 4.90 Å². The highest BCUT2D eigenvalue weighted by Crippen LogP contribution is 2.34. The second-order valence-electron chi connectivity index (χ2n) is 6.70. The van der Waals surface area contributed by atoms with E-state index in [0.717, 1.165) is 27.1 Å². The van der Waals surface area contributed by atoms with Gasteiger partial charge in [-0.3, -0.25) is 19.3 Å². The number of aryl methyl sites for hydroxylation is 1. The Morgan fingerprint density at radius 2 is 1.81 bits per heavy atom. The van der Waals surface area contributed by atoms with Gasteiger partial charge in [-0.25, -0.2) is 0 Å². The summed E-state index contributed by atoms with van der Waals surface area (Å²) in [4.78, 5) is 39.5. The Labute approximate surface area is 187 Å². The molecule has 0 bridgehead atoms. The van der Waals surface area contributed by atoms with Crippen molar-refractivity contribution in [2.45, 2.75) is 16.9 Å². The van der Waals surface area contributed by atoms with Crippen molar-refractivity contribution in [3.8, 4) is 0 Å². The minimum absolute atomic E-state index is 0.222. The van der Waals surface area contributed by atoms with Crippen LogP contribution in [0.1, 0.15) is 11.3 Å². The Morgan fingerprint density at radius 1 is 1.06 bits per heavy atom. The third-order valence-electron chi connectivity index (χ3n) is 4.43. The third kappa shape index (κ3) is 5.10. The third-order valence-corrected chi connectivity index (χ3v) is 6.27. The minimum Gasteiger partial charge on any atom is -0.450 e. The summed E-state index contributed by atoms with van der Waals surface area (Å²) in [6, 6.07) is 20.6. The molecule has 0 aliphatic carbocycles. The Kier molecular flexibility index (Phi) is 6.29. The molecule has 1 N–H and O–H groups in total. The summed E-state index contributed by atoms with van der Waals surface area (Å²) >= 11 is 2.25. The van der Waals surface area contributed by atoms with Crippen molar-refractivity contribution >= 4 is 52.3 Å². The summed E-state index contributed by atoms with van der Waals surface area (Å²) in [5, 5.41) is 2.92. The molecule has 4 rings (SSSR count). The van der Waals surface area contributed by atoms with E-state index in [2.05, 4.69) is 5.32 Å². The Balaban J connectivity index is 1.41. The van der Waals surface area contributed by atoms with E-state index < -0.39 is 17.1 Å². The molecule has 2 heterocycles. The number of carbonyl (C=O) groups excluding carboxylic acids is 3. The quantitative estimate of drug-likeness (QED) is 0.506. The first kappa shape index (κ1) is 21.0. The normalized spacial score (nSPS) is 15.0. The SMILES string of the molecule is Cc1ccccc1NC(=O)CN1C(=O)S/C(=C\c2ccc(Sc3ccccc3)o2)C1=O. The molecule has 0 atom stereocenters. The van der Waals surface area contributed by atoms with Gasteiger partial charge in [-0.1, -0.05) is 48.2 Å². The van der Waals surface area contributed by atoms with E-state index in [0.29, 0.717) is 16.5 Å². The summed E-state index contributed by atoms with van der Waals surface area (Å²) in [6.07, 6.45) is 1.53. The maximum absolute atomic E-state index is 12.7. The van der Waals surface area contributed by atoms with E-state index in [1.807, 2.05) is 55.5 Å². The van der Waals surface area contributed by atoms with Gasteiger partial charge in [-0.05, 0) is 54.6 Å². The largest absolute Gasteiger partial charge is 0.450 e. The number of nitrogens with one attached hydrogen (secondary N) is 1. The maximum Gasteiger partial charge on any atom is 0.294 e. The fraction of sp³-hybridized carbons (Fsp3) is 0.0870. The average molecular weight is 451 g/mol. The molecule has 1 aliphatic heterocycles. The summed E-state index contributed by atoms with van der Waals surface area (Å²) < 4.78 is 5.75. The first-order valence-corrected chi connectivity index (χ1v) is 11.1. The van der Waals surface area contributed by atoms with Gasteiger partial charge in [0.15, 0.2) is 5.09 Å². The first-order valence-electron chi connectivity index (χ1n) is 9.43. The van der Waals surface area contributed by atoms with Crippen LogP contribution in [0.15, 0.2) is 86.0 Å². The van der Waals surface area contributed by atoms with Gasteiger partial charge >= 0.3 is 0 Å². The zero-order valence-corrected chi connectivity index (χ0v) is 18.2. The van der Waals surface area contributed by atoms with Gasteiger partial charge in [0.25, 0.3) is 11.1 Å². The fourth-order valence-electron chi connectivity index (χ4n) is 2.88. The lowest BCUT2D eigenvalue weighted by molar-refractivity contribution is -0.127. The van der Waals surface area contributed by atoms with Crippen LogP contribution >= 0.6 is 23.5 Å². The number of anilines is 1. The number of carbonyl (C=O) groups is 3. The molecule has 31 heavy (non-hydrogen) atoms. The van der Waals surface area contributed by atoms with Crippen molar-refractivity contribution in [2.24, 2.45) is 0 Å². The van der Waals surface area contributed by atoms with E-state index in [-0.39, 0.29) is 11.4 Å². The van der Waals surface area contributed by atoms with E-state index >= 15 is 0 Å². The van der Waals surface area contributed by atoms with Crippen molar-refractivity contribution in [2.75, 3.05) is 11.9 Å². The van der Waals surface area contributed by atoms with Gasteiger partial charge in [0.05, 0.1) is 4.91 Å². The number of furan rings is 1. The molecule has 8 heteroatoms. The van der Waals surface area contributed by atoms with Crippen LogP contribution in [-0.2, 0) is 9.59 Å².